The van der Waals surface area contributed by atoms with E-state index in [-0.39, 0.29) is 12.0 Å². The van der Waals surface area contributed by atoms with Crippen molar-refractivity contribution < 1.29 is 9.53 Å². The molecule has 1 N–H and O–H groups in total. The fourth-order valence-corrected chi connectivity index (χ4v) is 2.43. The van der Waals surface area contributed by atoms with Crippen LogP contribution in [-0.2, 0) is 11.3 Å². The Hall–Kier alpha value is -1.36. The van der Waals surface area contributed by atoms with E-state index in [1.54, 1.807) is 0 Å². The summed E-state index contributed by atoms with van der Waals surface area (Å²) in [6.45, 7) is 8.02. The molecule has 1 atom stereocenters. The van der Waals surface area contributed by atoms with Crippen LogP contribution in [0.2, 0.25) is 0 Å². The van der Waals surface area contributed by atoms with Crippen LogP contribution in [-0.4, -0.2) is 34.9 Å². The van der Waals surface area contributed by atoms with E-state index in [2.05, 4.69) is 10.4 Å². The number of nitrogens with one attached hydrogen (secondary N) is 1. The number of carbonyl (C=O) groups is 1. The number of ether oxygens (including phenoxy) is 1. The second-order valence-electron chi connectivity index (χ2n) is 4.71. The fraction of sp³-hybridized carbons (Fsp3) is 0.692. The van der Waals surface area contributed by atoms with Gasteiger partial charge >= 0.3 is 0 Å². The summed E-state index contributed by atoms with van der Waals surface area (Å²) in [7, 11) is 0. The first-order valence-electron chi connectivity index (χ1n) is 6.57. The Morgan fingerprint density at radius 2 is 2.33 bits per heavy atom. The average molecular weight is 251 g/mol. The van der Waals surface area contributed by atoms with Crippen molar-refractivity contribution in [3.8, 4) is 0 Å². The summed E-state index contributed by atoms with van der Waals surface area (Å²) >= 11 is 0. The first-order valence-corrected chi connectivity index (χ1v) is 6.57. The van der Waals surface area contributed by atoms with Gasteiger partial charge in [-0.15, -0.1) is 0 Å². The predicted molar refractivity (Wildman–Crippen MR) is 68.7 cm³/mol. The molecule has 18 heavy (non-hydrogen) atoms. The summed E-state index contributed by atoms with van der Waals surface area (Å²) in [5.74, 6) is -0.0415. The van der Waals surface area contributed by atoms with Gasteiger partial charge in [0, 0.05) is 25.4 Å². The van der Waals surface area contributed by atoms with E-state index in [0.717, 1.165) is 37.4 Å². The van der Waals surface area contributed by atoms with Crippen LogP contribution in [0.3, 0.4) is 0 Å². The highest BCUT2D eigenvalue weighted by Gasteiger charge is 2.20. The molecule has 0 bridgehead atoms. The van der Waals surface area contributed by atoms with Gasteiger partial charge in [0.2, 0.25) is 0 Å². The van der Waals surface area contributed by atoms with Crippen molar-refractivity contribution in [1.82, 2.24) is 15.1 Å². The van der Waals surface area contributed by atoms with Gasteiger partial charge < -0.3 is 10.1 Å². The maximum absolute atomic E-state index is 12.2. The molecule has 1 aromatic heterocycles. The van der Waals surface area contributed by atoms with Crippen LogP contribution in [0.1, 0.15) is 41.5 Å². The van der Waals surface area contributed by atoms with Crippen molar-refractivity contribution >= 4 is 5.91 Å². The Morgan fingerprint density at radius 1 is 1.56 bits per heavy atom. The maximum Gasteiger partial charge on any atom is 0.255 e. The van der Waals surface area contributed by atoms with Gasteiger partial charge in [0.15, 0.2) is 0 Å². The third-order valence-electron chi connectivity index (χ3n) is 3.42. The van der Waals surface area contributed by atoms with Crippen molar-refractivity contribution in [2.45, 2.75) is 46.3 Å². The molecule has 100 valence electrons. The summed E-state index contributed by atoms with van der Waals surface area (Å²) in [4.78, 5) is 12.2. The quantitative estimate of drug-likeness (QED) is 0.880. The number of aromatic nitrogens is 2. The van der Waals surface area contributed by atoms with Gasteiger partial charge in [-0.1, -0.05) is 0 Å². The molecule has 5 nitrogen and oxygen atoms in total. The molecule has 2 rings (SSSR count). The third kappa shape index (κ3) is 2.56. The molecule has 1 saturated heterocycles. The Bertz CT molecular complexity index is 434. The minimum absolute atomic E-state index is 0.0415. The summed E-state index contributed by atoms with van der Waals surface area (Å²) in [5, 5.41) is 7.30. The number of carbonyl (C=O) groups excluding carboxylic acids is 1. The van der Waals surface area contributed by atoms with Gasteiger partial charge in [-0.05, 0) is 33.6 Å². The van der Waals surface area contributed by atoms with Crippen molar-refractivity contribution in [3.05, 3.63) is 17.0 Å². The molecule has 1 amide bonds. The number of hydrogen-bond acceptors (Lipinski definition) is 3. The van der Waals surface area contributed by atoms with E-state index in [0.29, 0.717) is 12.1 Å². The molecule has 0 radical (unpaired) electrons. The Kier molecular flexibility index (Phi) is 4.01. The smallest absolute Gasteiger partial charge is 0.255 e. The maximum atomic E-state index is 12.2. The molecule has 0 spiro atoms. The number of rotatable bonds is 4. The topological polar surface area (TPSA) is 56.2 Å². The van der Waals surface area contributed by atoms with Crippen LogP contribution in [0, 0.1) is 13.8 Å². The lowest BCUT2D eigenvalue weighted by Crippen LogP contribution is -2.32. The SMILES string of the molecule is CCn1nc(C)c(C(=O)NC[C@H]2CCCO2)c1C. The van der Waals surface area contributed by atoms with Crippen molar-refractivity contribution in [2.75, 3.05) is 13.2 Å². The van der Waals surface area contributed by atoms with E-state index in [4.69, 9.17) is 4.74 Å². The minimum atomic E-state index is -0.0415. The first kappa shape index (κ1) is 13.1. The number of aryl methyl sites for hydroxylation is 2. The van der Waals surface area contributed by atoms with Gasteiger partial charge in [-0.3, -0.25) is 9.48 Å². The van der Waals surface area contributed by atoms with Crippen molar-refractivity contribution in [2.24, 2.45) is 0 Å². The van der Waals surface area contributed by atoms with Gasteiger partial charge in [0.1, 0.15) is 0 Å². The third-order valence-corrected chi connectivity index (χ3v) is 3.42. The van der Waals surface area contributed by atoms with Gasteiger partial charge in [-0.2, -0.15) is 5.10 Å². The second kappa shape index (κ2) is 5.52. The molecule has 0 saturated carbocycles. The number of nitrogens with zero attached hydrogens (tertiary/aromatic N) is 2. The zero-order chi connectivity index (χ0) is 13.1. The Morgan fingerprint density at radius 3 is 2.89 bits per heavy atom. The Labute approximate surface area is 108 Å². The molecule has 0 aliphatic carbocycles. The Balaban J connectivity index is 2.01. The van der Waals surface area contributed by atoms with Crippen LogP contribution < -0.4 is 5.32 Å². The zero-order valence-electron chi connectivity index (χ0n) is 11.3. The van der Waals surface area contributed by atoms with E-state index in [1.165, 1.54) is 0 Å². The van der Waals surface area contributed by atoms with Crippen LogP contribution >= 0.6 is 0 Å². The summed E-state index contributed by atoms with van der Waals surface area (Å²) in [6, 6.07) is 0. The molecule has 1 aliphatic heterocycles. The highest BCUT2D eigenvalue weighted by molar-refractivity contribution is 5.96. The highest BCUT2D eigenvalue weighted by Crippen LogP contribution is 2.14. The normalized spacial score (nSPS) is 19.2. The second-order valence-corrected chi connectivity index (χ2v) is 4.71. The van der Waals surface area contributed by atoms with Crippen LogP contribution in [0.15, 0.2) is 0 Å². The van der Waals surface area contributed by atoms with E-state index >= 15 is 0 Å². The van der Waals surface area contributed by atoms with Crippen LogP contribution in [0.25, 0.3) is 0 Å². The van der Waals surface area contributed by atoms with E-state index in [1.807, 2.05) is 25.5 Å². The standard InChI is InChI=1S/C13H21N3O2/c1-4-16-10(3)12(9(2)15-16)13(17)14-8-11-6-5-7-18-11/h11H,4-8H2,1-3H3,(H,14,17)/t11-/m1/s1. The number of amides is 1. The molecule has 5 heteroatoms. The molecule has 1 aromatic rings. The highest BCUT2D eigenvalue weighted by atomic mass is 16.5. The lowest BCUT2D eigenvalue weighted by molar-refractivity contribution is 0.0856. The lowest BCUT2D eigenvalue weighted by atomic mass is 10.1. The first-order chi connectivity index (χ1) is 8.63. The monoisotopic (exact) mass is 251 g/mol. The molecular weight excluding hydrogens is 230 g/mol. The number of hydrogen-bond donors (Lipinski definition) is 1. The van der Waals surface area contributed by atoms with Crippen molar-refractivity contribution in [3.63, 3.8) is 0 Å². The molecule has 0 aromatic carbocycles. The summed E-state index contributed by atoms with van der Waals surface area (Å²) in [5.41, 5.74) is 2.42. The van der Waals surface area contributed by atoms with Crippen LogP contribution in [0.5, 0.6) is 0 Å². The van der Waals surface area contributed by atoms with Crippen LogP contribution in [0.4, 0.5) is 0 Å². The van der Waals surface area contributed by atoms with E-state index in [9.17, 15) is 4.79 Å². The fourth-order valence-electron chi connectivity index (χ4n) is 2.43. The average Bonchev–Trinajstić information content (AvgIpc) is 2.94. The molecule has 1 fully saturated rings. The van der Waals surface area contributed by atoms with Crippen molar-refractivity contribution in [1.29, 1.82) is 0 Å². The largest absolute Gasteiger partial charge is 0.376 e. The molecular formula is C13H21N3O2. The molecule has 0 unspecified atom stereocenters. The predicted octanol–water partition coefficient (Wildman–Crippen LogP) is 1.43. The minimum Gasteiger partial charge on any atom is -0.376 e. The lowest BCUT2D eigenvalue weighted by Gasteiger charge is -2.11. The summed E-state index contributed by atoms with van der Waals surface area (Å²) < 4.78 is 7.35. The molecule has 1 aliphatic rings. The van der Waals surface area contributed by atoms with Gasteiger partial charge in [-0.25, -0.2) is 0 Å². The van der Waals surface area contributed by atoms with Gasteiger partial charge in [0.25, 0.3) is 5.91 Å². The van der Waals surface area contributed by atoms with E-state index < -0.39 is 0 Å². The summed E-state index contributed by atoms with van der Waals surface area (Å²) in [6.07, 6.45) is 2.30. The zero-order valence-corrected chi connectivity index (χ0v) is 11.3. The van der Waals surface area contributed by atoms with Gasteiger partial charge in [0.05, 0.1) is 17.4 Å². The molecule has 2 heterocycles.